The van der Waals surface area contributed by atoms with E-state index in [0.29, 0.717) is 24.3 Å². The van der Waals surface area contributed by atoms with Crippen molar-refractivity contribution in [1.29, 1.82) is 0 Å². The Balaban J connectivity index is 1.47. The van der Waals surface area contributed by atoms with Gasteiger partial charge in [-0.3, -0.25) is 4.79 Å². The van der Waals surface area contributed by atoms with Gasteiger partial charge in [-0.1, -0.05) is 54.6 Å². The molecule has 1 N–H and O–H groups in total. The lowest BCUT2D eigenvalue weighted by molar-refractivity contribution is 0.0846. The molecule has 2 atom stereocenters. The Bertz CT molecular complexity index is 913. The molecule has 0 aromatic heterocycles. The van der Waals surface area contributed by atoms with Crippen molar-refractivity contribution in [2.75, 3.05) is 6.54 Å². The number of rotatable bonds is 4. The van der Waals surface area contributed by atoms with Crippen LogP contribution in [0.5, 0.6) is 5.75 Å². The third kappa shape index (κ3) is 3.15. The van der Waals surface area contributed by atoms with Crippen LogP contribution in [0.4, 0.5) is 0 Å². The summed E-state index contributed by atoms with van der Waals surface area (Å²) in [6.07, 6.45) is 0.298. The summed E-state index contributed by atoms with van der Waals surface area (Å²) >= 11 is 0. The number of carbonyl (C=O) groups excluding carboxylic acids is 1. The third-order valence-electron chi connectivity index (χ3n) is 4.84. The summed E-state index contributed by atoms with van der Waals surface area (Å²) in [6, 6.07) is 22.4. The number of fused-ring (bicyclic) bond motifs is 2. The van der Waals surface area contributed by atoms with E-state index in [9.17, 15) is 4.79 Å². The van der Waals surface area contributed by atoms with Gasteiger partial charge < -0.3 is 10.1 Å². The molecule has 3 aromatic carbocycles. The van der Waals surface area contributed by atoms with E-state index in [2.05, 4.69) is 54.7 Å². The molecule has 0 amide bonds. The fraction of sp³-hybridized carbons (Fsp3) is 0.227. The Morgan fingerprint density at radius 2 is 1.80 bits per heavy atom. The van der Waals surface area contributed by atoms with Gasteiger partial charge in [0.15, 0.2) is 5.78 Å². The number of ether oxygens (including phenoxy) is 1. The van der Waals surface area contributed by atoms with Gasteiger partial charge in [-0.15, -0.1) is 0 Å². The molecule has 3 heteroatoms. The molecule has 0 fully saturated rings. The van der Waals surface area contributed by atoms with Crippen molar-refractivity contribution in [1.82, 2.24) is 5.32 Å². The Morgan fingerprint density at radius 3 is 2.72 bits per heavy atom. The highest BCUT2D eigenvalue weighted by atomic mass is 16.5. The molecule has 126 valence electrons. The molecule has 0 unspecified atom stereocenters. The monoisotopic (exact) mass is 331 g/mol. The fourth-order valence-electron chi connectivity index (χ4n) is 3.50. The van der Waals surface area contributed by atoms with Crippen LogP contribution >= 0.6 is 0 Å². The molecular weight excluding hydrogens is 310 g/mol. The normalized spacial score (nSPS) is 17.8. The Kier molecular flexibility index (Phi) is 4.24. The molecule has 0 bridgehead atoms. The van der Waals surface area contributed by atoms with E-state index in [-0.39, 0.29) is 17.9 Å². The molecule has 4 rings (SSSR count). The van der Waals surface area contributed by atoms with Crippen molar-refractivity contribution in [2.24, 2.45) is 0 Å². The highest BCUT2D eigenvalue weighted by molar-refractivity contribution is 5.99. The lowest BCUT2D eigenvalue weighted by Crippen LogP contribution is -2.37. The van der Waals surface area contributed by atoms with Crippen LogP contribution in [0.3, 0.4) is 0 Å². The van der Waals surface area contributed by atoms with E-state index in [1.54, 1.807) is 0 Å². The Hall–Kier alpha value is -2.65. The summed E-state index contributed by atoms with van der Waals surface area (Å²) in [7, 11) is 0. The van der Waals surface area contributed by atoms with Crippen LogP contribution in [0.25, 0.3) is 10.8 Å². The topological polar surface area (TPSA) is 38.3 Å². The van der Waals surface area contributed by atoms with Crippen LogP contribution in [0.2, 0.25) is 0 Å². The van der Waals surface area contributed by atoms with Gasteiger partial charge in [0.1, 0.15) is 11.9 Å². The lowest BCUT2D eigenvalue weighted by atomic mass is 9.98. The smallest absolute Gasteiger partial charge is 0.170 e. The molecule has 1 aliphatic heterocycles. The maximum atomic E-state index is 12.3. The molecular formula is C22H21NO2. The highest BCUT2D eigenvalue weighted by Crippen LogP contribution is 2.28. The highest BCUT2D eigenvalue weighted by Gasteiger charge is 2.26. The van der Waals surface area contributed by atoms with Crippen LogP contribution in [0.15, 0.2) is 66.7 Å². The van der Waals surface area contributed by atoms with Crippen molar-refractivity contribution in [3.63, 3.8) is 0 Å². The van der Waals surface area contributed by atoms with E-state index >= 15 is 0 Å². The van der Waals surface area contributed by atoms with Gasteiger partial charge in [0.2, 0.25) is 0 Å². The van der Waals surface area contributed by atoms with Crippen LogP contribution in [0, 0.1) is 0 Å². The van der Waals surface area contributed by atoms with E-state index in [0.717, 1.165) is 0 Å². The fourth-order valence-corrected chi connectivity index (χ4v) is 3.50. The van der Waals surface area contributed by atoms with Crippen LogP contribution < -0.4 is 10.1 Å². The number of Topliss-reactive ketones (excluding diaryl/α,β-unsaturated/α-hetero) is 1. The summed E-state index contributed by atoms with van der Waals surface area (Å²) in [6.45, 7) is 2.80. The zero-order chi connectivity index (χ0) is 17.2. The zero-order valence-corrected chi connectivity index (χ0v) is 14.2. The SMILES string of the molecule is C[C@@H](NC[C@H]1CC(=O)c2ccccc2O1)c1cccc2ccccc12. The van der Waals surface area contributed by atoms with Gasteiger partial charge in [-0.05, 0) is 35.4 Å². The van der Waals surface area contributed by atoms with Gasteiger partial charge in [0, 0.05) is 19.0 Å². The van der Waals surface area contributed by atoms with Crippen LogP contribution in [-0.2, 0) is 0 Å². The van der Waals surface area contributed by atoms with Gasteiger partial charge in [0.25, 0.3) is 0 Å². The minimum absolute atomic E-state index is 0.125. The van der Waals surface area contributed by atoms with E-state index in [1.807, 2.05) is 24.3 Å². The number of benzene rings is 3. The average Bonchev–Trinajstić information content (AvgIpc) is 2.66. The molecule has 0 radical (unpaired) electrons. The molecule has 3 nitrogen and oxygen atoms in total. The van der Waals surface area contributed by atoms with Gasteiger partial charge in [0.05, 0.1) is 5.56 Å². The van der Waals surface area contributed by atoms with Gasteiger partial charge in [-0.25, -0.2) is 0 Å². The largest absolute Gasteiger partial charge is 0.488 e. The predicted molar refractivity (Wildman–Crippen MR) is 100 cm³/mol. The number of carbonyl (C=O) groups is 1. The standard InChI is InChI=1S/C22H21NO2/c1-15(18-11-6-8-16-7-2-3-9-19(16)18)23-14-17-13-21(24)20-10-4-5-12-22(20)25-17/h2-12,15,17,23H,13-14H2,1H3/t15-,17-/m1/s1. The van der Waals surface area contributed by atoms with Crippen LogP contribution in [-0.4, -0.2) is 18.4 Å². The van der Waals surface area contributed by atoms with E-state index in [4.69, 9.17) is 4.74 Å². The van der Waals surface area contributed by atoms with E-state index in [1.165, 1.54) is 16.3 Å². The van der Waals surface area contributed by atoms with Crippen LogP contribution in [0.1, 0.15) is 35.3 Å². The number of hydrogen-bond acceptors (Lipinski definition) is 3. The summed E-state index contributed by atoms with van der Waals surface area (Å²) in [5.74, 6) is 0.856. The second-order valence-corrected chi connectivity index (χ2v) is 6.56. The first-order valence-corrected chi connectivity index (χ1v) is 8.72. The molecule has 0 saturated heterocycles. The molecule has 0 aliphatic carbocycles. The predicted octanol–water partition coefficient (Wildman–Crippen LogP) is 4.52. The van der Waals surface area contributed by atoms with Crippen molar-refractivity contribution < 1.29 is 9.53 Å². The van der Waals surface area contributed by atoms with E-state index < -0.39 is 0 Å². The summed E-state index contributed by atoms with van der Waals surface area (Å²) < 4.78 is 5.99. The Morgan fingerprint density at radius 1 is 1.04 bits per heavy atom. The zero-order valence-electron chi connectivity index (χ0n) is 14.2. The molecule has 1 heterocycles. The summed E-state index contributed by atoms with van der Waals surface area (Å²) in [5, 5.41) is 6.04. The molecule has 3 aromatic rings. The van der Waals surface area contributed by atoms with Crippen molar-refractivity contribution in [3.8, 4) is 5.75 Å². The molecule has 1 aliphatic rings. The Labute approximate surface area is 147 Å². The maximum Gasteiger partial charge on any atom is 0.170 e. The second kappa shape index (κ2) is 6.69. The quantitative estimate of drug-likeness (QED) is 0.763. The molecule has 0 saturated carbocycles. The molecule has 0 spiro atoms. The van der Waals surface area contributed by atoms with Gasteiger partial charge in [-0.2, -0.15) is 0 Å². The number of para-hydroxylation sites is 1. The first-order valence-electron chi connectivity index (χ1n) is 8.72. The first kappa shape index (κ1) is 15.9. The number of hydrogen-bond donors (Lipinski definition) is 1. The number of ketones is 1. The lowest BCUT2D eigenvalue weighted by Gasteiger charge is -2.27. The second-order valence-electron chi connectivity index (χ2n) is 6.56. The maximum absolute atomic E-state index is 12.3. The van der Waals surface area contributed by atoms with Crippen molar-refractivity contribution >= 4 is 16.6 Å². The minimum Gasteiger partial charge on any atom is -0.488 e. The first-order chi connectivity index (χ1) is 12.2. The molecule has 25 heavy (non-hydrogen) atoms. The van der Waals surface area contributed by atoms with Crippen molar-refractivity contribution in [3.05, 3.63) is 77.9 Å². The van der Waals surface area contributed by atoms with Gasteiger partial charge >= 0.3 is 0 Å². The number of nitrogens with one attached hydrogen (secondary N) is 1. The summed E-state index contributed by atoms with van der Waals surface area (Å²) in [4.78, 5) is 12.3. The summed E-state index contributed by atoms with van der Waals surface area (Å²) in [5.41, 5.74) is 1.96. The third-order valence-corrected chi connectivity index (χ3v) is 4.84. The minimum atomic E-state index is -0.125. The average molecular weight is 331 g/mol. The van der Waals surface area contributed by atoms with Crippen molar-refractivity contribution in [2.45, 2.75) is 25.5 Å².